The first-order valence-electron chi connectivity index (χ1n) is 13.8. The molecule has 9 atom stereocenters. The molecule has 32 heavy (non-hydrogen) atoms. The Bertz CT molecular complexity index is 829. The fourth-order valence-electron chi connectivity index (χ4n) is 11.1. The maximum atomic E-state index is 12.7. The molecule has 5 saturated carbocycles. The summed E-state index contributed by atoms with van der Waals surface area (Å²) in [5, 5.41) is 0. The highest BCUT2D eigenvalue weighted by atomic mass is 16.1. The van der Waals surface area contributed by atoms with Gasteiger partial charge in [-0.15, -0.1) is 0 Å². The highest BCUT2D eigenvalue weighted by molar-refractivity contribution is 5.82. The van der Waals surface area contributed by atoms with Crippen LogP contribution in [-0.2, 0) is 9.59 Å². The lowest BCUT2D eigenvalue weighted by Gasteiger charge is -2.74. The molecule has 0 N–H and O–H groups in total. The van der Waals surface area contributed by atoms with Crippen LogP contribution in [0, 0.1) is 56.2 Å². The van der Waals surface area contributed by atoms with Crippen LogP contribution in [0.5, 0.6) is 0 Å². The normalized spacial score (nSPS) is 56.9. The van der Waals surface area contributed by atoms with Crippen LogP contribution >= 0.6 is 0 Å². The molecule has 0 amide bonds. The van der Waals surface area contributed by atoms with Crippen molar-refractivity contribution >= 4 is 12.1 Å². The molecule has 4 unspecified atom stereocenters. The van der Waals surface area contributed by atoms with Gasteiger partial charge in [-0.05, 0) is 109 Å². The van der Waals surface area contributed by atoms with Crippen LogP contribution in [0.1, 0.15) is 119 Å². The zero-order valence-electron chi connectivity index (χ0n) is 22.0. The SMILES string of the molecule is C[C@H]1C(=O)CCC2[C@]3(C)CC[C@@]4(C)C5CC(C)(C)CCC5(C=O)CC[C@]4(C)C3CC[C@@]21C. The summed E-state index contributed by atoms with van der Waals surface area (Å²) in [6.07, 6.45) is 14.2. The second-order valence-electron chi connectivity index (χ2n) is 15.0. The molecule has 0 radical (unpaired) electrons. The van der Waals surface area contributed by atoms with Gasteiger partial charge in [0.15, 0.2) is 0 Å². The van der Waals surface area contributed by atoms with Crippen LogP contribution in [0.25, 0.3) is 0 Å². The van der Waals surface area contributed by atoms with Crippen molar-refractivity contribution in [2.24, 2.45) is 56.2 Å². The van der Waals surface area contributed by atoms with Gasteiger partial charge in [0.25, 0.3) is 0 Å². The minimum absolute atomic E-state index is 0.0769. The van der Waals surface area contributed by atoms with Gasteiger partial charge in [0.2, 0.25) is 0 Å². The Morgan fingerprint density at radius 2 is 1.34 bits per heavy atom. The third-order valence-electron chi connectivity index (χ3n) is 13.6. The fraction of sp³-hybridized carbons (Fsp3) is 0.933. The van der Waals surface area contributed by atoms with Gasteiger partial charge in [-0.3, -0.25) is 4.79 Å². The molecule has 0 aromatic carbocycles. The van der Waals surface area contributed by atoms with Gasteiger partial charge < -0.3 is 4.79 Å². The lowest BCUT2D eigenvalue weighted by atomic mass is 9.30. The van der Waals surface area contributed by atoms with Crippen LogP contribution in [0.4, 0.5) is 0 Å². The van der Waals surface area contributed by atoms with E-state index in [1.54, 1.807) is 0 Å². The number of hydrogen-bond donors (Lipinski definition) is 0. The van der Waals surface area contributed by atoms with Crippen molar-refractivity contribution in [1.82, 2.24) is 0 Å². The molecule has 0 aromatic heterocycles. The summed E-state index contributed by atoms with van der Waals surface area (Å²) in [5.41, 5.74) is 1.34. The van der Waals surface area contributed by atoms with E-state index in [2.05, 4.69) is 48.5 Å². The summed E-state index contributed by atoms with van der Waals surface area (Å²) in [5.74, 6) is 2.65. The molecule has 0 saturated heterocycles. The van der Waals surface area contributed by atoms with Gasteiger partial charge in [0, 0.05) is 17.8 Å². The van der Waals surface area contributed by atoms with Crippen molar-refractivity contribution < 1.29 is 9.59 Å². The van der Waals surface area contributed by atoms with Crippen LogP contribution in [-0.4, -0.2) is 12.1 Å². The Morgan fingerprint density at radius 3 is 2.03 bits per heavy atom. The number of aldehydes is 1. The number of rotatable bonds is 1. The molecule has 0 heterocycles. The van der Waals surface area contributed by atoms with Gasteiger partial charge in [-0.1, -0.05) is 48.5 Å². The standard InChI is InChI=1S/C30H48O2/c1-20-21(32)8-9-22-26(20,4)11-10-23-27(22,5)13-14-29(7)24-18-25(2,3)12-16-30(24,19-31)17-15-28(23,29)6/h19-20,22-24H,8-18H2,1-7H3/t20-,22?,23?,24?,26+,27-,28+,29-,30?/m0/s1. The van der Waals surface area contributed by atoms with Crippen LogP contribution < -0.4 is 0 Å². The highest BCUT2D eigenvalue weighted by Gasteiger charge is 2.71. The summed E-state index contributed by atoms with van der Waals surface area (Å²) in [6, 6.07) is 0. The first kappa shape index (κ1) is 23.1. The topological polar surface area (TPSA) is 34.1 Å². The van der Waals surface area contributed by atoms with Crippen molar-refractivity contribution in [3.05, 3.63) is 0 Å². The Kier molecular flexibility index (Phi) is 4.85. The lowest BCUT2D eigenvalue weighted by molar-refractivity contribution is -0.253. The Labute approximate surface area is 197 Å². The Balaban J connectivity index is 1.56. The first-order valence-corrected chi connectivity index (χ1v) is 13.8. The number of fused-ring (bicyclic) bond motifs is 7. The zero-order valence-corrected chi connectivity index (χ0v) is 22.0. The van der Waals surface area contributed by atoms with Crippen molar-refractivity contribution in [3.63, 3.8) is 0 Å². The van der Waals surface area contributed by atoms with Crippen molar-refractivity contribution in [2.45, 2.75) is 119 Å². The third-order valence-corrected chi connectivity index (χ3v) is 13.6. The summed E-state index contributed by atoms with van der Waals surface area (Å²) in [7, 11) is 0. The minimum Gasteiger partial charge on any atom is -0.303 e. The highest BCUT2D eigenvalue weighted by Crippen LogP contribution is 2.78. The van der Waals surface area contributed by atoms with Crippen LogP contribution in [0.2, 0.25) is 0 Å². The summed E-state index contributed by atoms with van der Waals surface area (Å²) < 4.78 is 0. The van der Waals surface area contributed by atoms with Gasteiger partial charge in [0.05, 0.1) is 0 Å². The van der Waals surface area contributed by atoms with Gasteiger partial charge in [-0.25, -0.2) is 0 Å². The van der Waals surface area contributed by atoms with E-state index >= 15 is 0 Å². The van der Waals surface area contributed by atoms with Crippen molar-refractivity contribution in [1.29, 1.82) is 0 Å². The number of hydrogen-bond acceptors (Lipinski definition) is 2. The predicted octanol–water partition coefficient (Wildman–Crippen LogP) is 7.64. The third kappa shape index (κ3) is 2.65. The quantitative estimate of drug-likeness (QED) is 0.393. The van der Waals surface area contributed by atoms with Gasteiger partial charge in [0.1, 0.15) is 12.1 Å². The van der Waals surface area contributed by atoms with E-state index in [4.69, 9.17) is 0 Å². The Hall–Kier alpha value is -0.660. The summed E-state index contributed by atoms with van der Waals surface area (Å²) in [6.45, 7) is 17.4. The van der Waals surface area contributed by atoms with Crippen LogP contribution in [0.3, 0.4) is 0 Å². The average molecular weight is 441 g/mol. The first-order chi connectivity index (χ1) is 14.8. The molecule has 0 spiro atoms. The second-order valence-corrected chi connectivity index (χ2v) is 15.0. The molecule has 5 aliphatic rings. The van der Waals surface area contributed by atoms with Crippen LogP contribution in [0.15, 0.2) is 0 Å². The number of ketones is 1. The van der Waals surface area contributed by atoms with E-state index in [0.29, 0.717) is 33.9 Å². The number of Topliss-reactive ketones (excluding diaryl/α,β-unsaturated/α-hetero) is 1. The lowest BCUT2D eigenvalue weighted by Crippen LogP contribution is -2.68. The van der Waals surface area contributed by atoms with E-state index < -0.39 is 0 Å². The number of carbonyl (C=O) groups is 2. The molecule has 0 aromatic rings. The largest absolute Gasteiger partial charge is 0.303 e. The molecule has 2 nitrogen and oxygen atoms in total. The molecule has 2 heteroatoms. The zero-order chi connectivity index (χ0) is 23.4. The minimum atomic E-state index is -0.0769. The van der Waals surface area contributed by atoms with Gasteiger partial charge >= 0.3 is 0 Å². The fourth-order valence-corrected chi connectivity index (χ4v) is 11.1. The number of carbonyl (C=O) groups excluding carboxylic acids is 2. The molecule has 180 valence electrons. The molecular formula is C30H48O2. The van der Waals surface area contributed by atoms with E-state index in [-0.39, 0.29) is 22.2 Å². The molecule has 0 aliphatic heterocycles. The molecule has 0 bridgehead atoms. The molecule has 5 fully saturated rings. The Morgan fingerprint density at radius 1 is 0.719 bits per heavy atom. The predicted molar refractivity (Wildman–Crippen MR) is 130 cm³/mol. The van der Waals surface area contributed by atoms with Crippen molar-refractivity contribution in [2.75, 3.05) is 0 Å². The van der Waals surface area contributed by atoms with E-state index in [1.165, 1.54) is 51.2 Å². The van der Waals surface area contributed by atoms with E-state index in [9.17, 15) is 9.59 Å². The average Bonchev–Trinajstić information content (AvgIpc) is 2.73. The second kappa shape index (κ2) is 6.72. The maximum Gasteiger partial charge on any atom is 0.136 e. The van der Waals surface area contributed by atoms with Gasteiger partial charge in [-0.2, -0.15) is 0 Å². The molecular weight excluding hydrogens is 392 g/mol. The van der Waals surface area contributed by atoms with Crippen molar-refractivity contribution in [3.8, 4) is 0 Å². The summed E-state index contributed by atoms with van der Waals surface area (Å²) >= 11 is 0. The molecule has 5 rings (SSSR count). The molecule has 5 aliphatic carbocycles. The summed E-state index contributed by atoms with van der Waals surface area (Å²) in [4.78, 5) is 25.4. The maximum absolute atomic E-state index is 12.7. The van der Waals surface area contributed by atoms with E-state index in [1.807, 2.05) is 0 Å². The monoisotopic (exact) mass is 440 g/mol. The van der Waals surface area contributed by atoms with E-state index in [0.717, 1.165) is 31.6 Å². The smallest absolute Gasteiger partial charge is 0.136 e.